The number of sulfonamides is 1. The molecule has 1 heterocycles. The molecule has 8 heteroatoms. The second-order valence-electron chi connectivity index (χ2n) is 4.40. The summed E-state index contributed by atoms with van der Waals surface area (Å²) in [6.45, 7) is 2.12. The number of pyridine rings is 1. The van der Waals surface area contributed by atoms with Gasteiger partial charge in [0, 0.05) is 12.7 Å². The van der Waals surface area contributed by atoms with Crippen molar-refractivity contribution < 1.29 is 8.42 Å². The number of aromatic nitrogens is 1. The van der Waals surface area contributed by atoms with Gasteiger partial charge in [-0.15, -0.1) is 0 Å². The van der Waals surface area contributed by atoms with E-state index in [1.165, 1.54) is 12.3 Å². The Morgan fingerprint density at radius 2 is 2.05 bits per heavy atom. The minimum absolute atomic E-state index is 0.0138. The average Bonchev–Trinajstić information content (AvgIpc) is 2.46. The van der Waals surface area contributed by atoms with E-state index < -0.39 is 10.0 Å². The van der Waals surface area contributed by atoms with Crippen LogP contribution in [-0.4, -0.2) is 13.4 Å². The monoisotopic (exact) mass is 326 g/mol. The number of nitrogen functional groups attached to an aromatic ring is 1. The van der Waals surface area contributed by atoms with E-state index in [-0.39, 0.29) is 22.3 Å². The third-order valence-corrected chi connectivity index (χ3v) is 4.63. The van der Waals surface area contributed by atoms with Crippen molar-refractivity contribution in [1.29, 1.82) is 0 Å². The predicted octanol–water partition coefficient (Wildman–Crippen LogP) is 1.81. The molecule has 2 rings (SSSR count). The summed E-state index contributed by atoms with van der Waals surface area (Å²) in [5, 5.41) is 0.135. The first kappa shape index (κ1) is 15.7. The molecular formula is C13H15ClN4O2S. The fourth-order valence-electron chi connectivity index (χ4n) is 1.74. The molecule has 0 bridgehead atoms. The number of hydrogen-bond acceptors (Lipinski definition) is 5. The molecule has 0 spiro atoms. The molecule has 6 nitrogen and oxygen atoms in total. The zero-order chi connectivity index (χ0) is 15.5. The molecule has 0 saturated carbocycles. The molecule has 1 aromatic carbocycles. The molecule has 0 amide bonds. The molecule has 0 aliphatic heterocycles. The fraction of sp³-hybridized carbons (Fsp3) is 0.154. The van der Waals surface area contributed by atoms with Gasteiger partial charge in [0.1, 0.15) is 4.90 Å². The summed E-state index contributed by atoms with van der Waals surface area (Å²) in [6, 6.07) is 8.84. The number of nitrogens with one attached hydrogen (secondary N) is 2. The van der Waals surface area contributed by atoms with Crippen LogP contribution in [0.3, 0.4) is 0 Å². The molecule has 0 aliphatic carbocycles. The Labute approximate surface area is 128 Å². The minimum Gasteiger partial charge on any atom is -0.307 e. The third-order valence-electron chi connectivity index (χ3n) is 2.98. The molecule has 0 aliphatic rings. The molecule has 4 N–H and O–H groups in total. The fourth-order valence-corrected chi connectivity index (χ4v) is 3.00. The summed E-state index contributed by atoms with van der Waals surface area (Å²) in [5.41, 5.74) is 4.20. The smallest absolute Gasteiger partial charge is 0.242 e. The van der Waals surface area contributed by atoms with Crippen LogP contribution in [0.4, 0.5) is 5.82 Å². The Hall–Kier alpha value is -1.67. The second-order valence-corrected chi connectivity index (χ2v) is 6.57. The Balaban J connectivity index is 2.19. The van der Waals surface area contributed by atoms with E-state index in [1.54, 1.807) is 0 Å². The number of anilines is 1. The van der Waals surface area contributed by atoms with Crippen molar-refractivity contribution in [3.8, 4) is 0 Å². The van der Waals surface area contributed by atoms with Crippen LogP contribution >= 0.6 is 11.6 Å². The summed E-state index contributed by atoms with van der Waals surface area (Å²) < 4.78 is 26.9. The molecule has 21 heavy (non-hydrogen) atoms. The maximum atomic E-state index is 12.2. The zero-order valence-corrected chi connectivity index (χ0v) is 12.9. The van der Waals surface area contributed by atoms with Crippen molar-refractivity contribution in [3.63, 3.8) is 0 Å². The van der Waals surface area contributed by atoms with Crippen LogP contribution in [0.5, 0.6) is 0 Å². The number of aryl methyl sites for hydroxylation is 1. The maximum absolute atomic E-state index is 12.2. The quantitative estimate of drug-likeness (QED) is 0.575. The number of rotatable bonds is 5. The van der Waals surface area contributed by atoms with Crippen LogP contribution in [0.2, 0.25) is 5.02 Å². The lowest BCUT2D eigenvalue weighted by molar-refractivity contribution is 0.581. The number of hydrogen-bond donors (Lipinski definition) is 3. The van der Waals surface area contributed by atoms with Crippen molar-refractivity contribution >= 4 is 27.4 Å². The average molecular weight is 327 g/mol. The third kappa shape index (κ3) is 3.70. The molecular weight excluding hydrogens is 312 g/mol. The van der Waals surface area contributed by atoms with Crippen LogP contribution in [0.25, 0.3) is 0 Å². The molecule has 0 atom stereocenters. The van der Waals surface area contributed by atoms with E-state index in [2.05, 4.69) is 15.1 Å². The molecule has 0 unspecified atom stereocenters. The molecule has 0 saturated heterocycles. The van der Waals surface area contributed by atoms with Crippen LogP contribution in [0.1, 0.15) is 11.1 Å². The van der Waals surface area contributed by atoms with Gasteiger partial charge in [-0.05, 0) is 24.1 Å². The number of halogens is 1. The van der Waals surface area contributed by atoms with Gasteiger partial charge >= 0.3 is 0 Å². The van der Waals surface area contributed by atoms with E-state index in [1.807, 2.05) is 31.2 Å². The molecule has 2 aromatic rings. The summed E-state index contributed by atoms with van der Waals surface area (Å²) in [6.07, 6.45) is 1.20. The summed E-state index contributed by atoms with van der Waals surface area (Å²) in [7, 11) is -3.69. The SMILES string of the molecule is Cc1ccccc1CNS(=O)(=O)c1cnc(NN)c(Cl)c1. The largest absolute Gasteiger partial charge is 0.307 e. The lowest BCUT2D eigenvalue weighted by Gasteiger charge is -2.10. The second kappa shape index (κ2) is 6.40. The highest BCUT2D eigenvalue weighted by Crippen LogP contribution is 2.21. The van der Waals surface area contributed by atoms with Crippen LogP contribution in [0, 0.1) is 6.92 Å². The highest BCUT2D eigenvalue weighted by molar-refractivity contribution is 7.89. The molecule has 112 valence electrons. The van der Waals surface area contributed by atoms with E-state index in [0.29, 0.717) is 0 Å². The van der Waals surface area contributed by atoms with E-state index in [4.69, 9.17) is 17.4 Å². The number of benzene rings is 1. The lowest BCUT2D eigenvalue weighted by atomic mass is 10.1. The predicted molar refractivity (Wildman–Crippen MR) is 82.3 cm³/mol. The van der Waals surface area contributed by atoms with Crippen molar-refractivity contribution in [2.24, 2.45) is 5.84 Å². The number of hydrazine groups is 1. The van der Waals surface area contributed by atoms with Crippen molar-refractivity contribution in [3.05, 3.63) is 52.7 Å². The van der Waals surface area contributed by atoms with Gasteiger partial charge in [-0.3, -0.25) is 0 Å². The van der Waals surface area contributed by atoms with Crippen LogP contribution in [-0.2, 0) is 16.6 Å². The van der Waals surface area contributed by atoms with E-state index >= 15 is 0 Å². The Morgan fingerprint density at radius 1 is 1.33 bits per heavy atom. The summed E-state index contributed by atoms with van der Waals surface area (Å²) >= 11 is 5.88. The van der Waals surface area contributed by atoms with E-state index in [9.17, 15) is 8.42 Å². The molecule has 0 fully saturated rings. The van der Waals surface area contributed by atoms with Crippen LogP contribution in [0.15, 0.2) is 41.4 Å². The zero-order valence-electron chi connectivity index (χ0n) is 11.3. The van der Waals surface area contributed by atoms with Crippen LogP contribution < -0.4 is 16.0 Å². The van der Waals surface area contributed by atoms with E-state index in [0.717, 1.165) is 11.1 Å². The topological polar surface area (TPSA) is 97.1 Å². The standard InChI is InChI=1S/C13H15ClN4O2S/c1-9-4-2-3-5-10(9)7-17-21(19,20)11-6-12(14)13(18-15)16-8-11/h2-6,8,17H,7,15H2,1H3,(H,16,18). The van der Waals surface area contributed by atoms with Gasteiger partial charge in [-0.25, -0.2) is 24.0 Å². The summed E-state index contributed by atoms with van der Waals surface area (Å²) in [4.78, 5) is 3.83. The maximum Gasteiger partial charge on any atom is 0.242 e. The number of nitrogens with zero attached hydrogens (tertiary/aromatic N) is 1. The Morgan fingerprint density at radius 3 is 2.67 bits per heavy atom. The Kier molecular flexibility index (Phi) is 4.79. The normalized spacial score (nSPS) is 11.4. The first-order valence-electron chi connectivity index (χ1n) is 6.10. The molecule has 0 radical (unpaired) electrons. The van der Waals surface area contributed by atoms with Crippen molar-refractivity contribution in [2.45, 2.75) is 18.4 Å². The highest BCUT2D eigenvalue weighted by atomic mass is 35.5. The minimum atomic E-state index is -3.69. The van der Waals surface area contributed by atoms with Gasteiger partial charge in [0.25, 0.3) is 0 Å². The van der Waals surface area contributed by atoms with Crippen molar-refractivity contribution in [1.82, 2.24) is 9.71 Å². The highest BCUT2D eigenvalue weighted by Gasteiger charge is 2.16. The van der Waals surface area contributed by atoms with Gasteiger partial charge in [-0.1, -0.05) is 35.9 Å². The molecule has 1 aromatic heterocycles. The number of nitrogens with two attached hydrogens (primary N) is 1. The Bertz CT molecular complexity index is 750. The van der Waals surface area contributed by atoms with Gasteiger partial charge in [0.15, 0.2) is 5.82 Å². The first-order valence-corrected chi connectivity index (χ1v) is 7.96. The summed E-state index contributed by atoms with van der Waals surface area (Å²) in [5.74, 6) is 5.42. The van der Waals surface area contributed by atoms with Gasteiger partial charge in [0.05, 0.1) is 5.02 Å². The van der Waals surface area contributed by atoms with Gasteiger partial charge in [0.2, 0.25) is 10.0 Å². The lowest BCUT2D eigenvalue weighted by Crippen LogP contribution is -2.24. The first-order chi connectivity index (χ1) is 9.94. The van der Waals surface area contributed by atoms with Gasteiger partial charge < -0.3 is 5.43 Å². The van der Waals surface area contributed by atoms with Crippen molar-refractivity contribution in [2.75, 3.05) is 5.43 Å². The van der Waals surface area contributed by atoms with Gasteiger partial charge in [-0.2, -0.15) is 0 Å².